The highest BCUT2D eigenvalue weighted by Gasteiger charge is 2.43. The van der Waals surface area contributed by atoms with Crippen LogP contribution in [0.1, 0.15) is 48.8 Å². The average Bonchev–Trinajstić information content (AvgIpc) is 2.96. The zero-order valence-electron chi connectivity index (χ0n) is 22.9. The van der Waals surface area contributed by atoms with Crippen LogP contribution in [0.2, 0.25) is 5.02 Å². The van der Waals surface area contributed by atoms with Gasteiger partial charge in [-0.3, -0.25) is 14.6 Å². The lowest BCUT2D eigenvalue weighted by Gasteiger charge is -2.35. The lowest BCUT2D eigenvalue weighted by atomic mass is 9.71. The molecule has 1 unspecified atom stereocenters. The molecule has 3 aromatic rings. The number of allylic oxidation sites excluding steroid dienone is 2. The minimum atomic E-state index is -4.62. The summed E-state index contributed by atoms with van der Waals surface area (Å²) in [5, 5.41) is 2.52. The zero-order chi connectivity index (χ0) is 30.0. The molecule has 0 saturated carbocycles. The fourth-order valence-corrected chi connectivity index (χ4v) is 5.61. The van der Waals surface area contributed by atoms with Crippen LogP contribution in [0.3, 0.4) is 0 Å². The van der Waals surface area contributed by atoms with Crippen molar-refractivity contribution in [2.24, 2.45) is 10.9 Å². The van der Waals surface area contributed by atoms with Crippen LogP contribution in [0.15, 0.2) is 83.0 Å². The largest absolute Gasteiger partial charge is 0.493 e. The molecule has 0 saturated heterocycles. The number of methoxy groups -OCH3 is 1. The molecule has 1 amide bonds. The number of aliphatic imine (C=N–C) groups is 1. The number of hydrogen-bond acceptors (Lipinski definition) is 5. The molecule has 0 radical (unpaired) electrons. The second kappa shape index (κ2) is 12.0. The number of nitrogens with zero attached hydrogens (tertiary/aromatic N) is 1. The van der Waals surface area contributed by atoms with Gasteiger partial charge in [0.1, 0.15) is 6.61 Å². The van der Waals surface area contributed by atoms with Crippen LogP contribution in [0.4, 0.5) is 18.9 Å². The first kappa shape index (κ1) is 29.4. The number of Topliss-reactive ketones (excluding diaryl/α,β-unsaturated/α-hetero) is 1. The Morgan fingerprint density at radius 2 is 1.81 bits per heavy atom. The van der Waals surface area contributed by atoms with E-state index in [0.717, 1.165) is 23.8 Å². The lowest BCUT2D eigenvalue weighted by Crippen LogP contribution is -2.39. The lowest BCUT2D eigenvalue weighted by molar-refractivity contribution is -0.137. The number of alkyl halides is 3. The molecule has 1 aliphatic carbocycles. The van der Waals surface area contributed by atoms with Gasteiger partial charge in [0.15, 0.2) is 17.3 Å². The molecule has 1 heterocycles. The van der Waals surface area contributed by atoms with E-state index in [1.807, 2.05) is 30.3 Å². The molecule has 2 aliphatic rings. The van der Waals surface area contributed by atoms with Crippen LogP contribution in [-0.2, 0) is 22.4 Å². The van der Waals surface area contributed by atoms with Crippen LogP contribution in [0.5, 0.6) is 11.5 Å². The molecule has 5 rings (SSSR count). The Hall–Kier alpha value is -4.11. The van der Waals surface area contributed by atoms with E-state index >= 15 is 0 Å². The third kappa shape index (κ3) is 6.06. The van der Waals surface area contributed by atoms with Crippen molar-refractivity contribution in [1.82, 2.24) is 0 Å². The Bertz CT molecular complexity index is 1580. The van der Waals surface area contributed by atoms with Crippen molar-refractivity contribution in [3.63, 3.8) is 0 Å². The third-order valence-corrected chi connectivity index (χ3v) is 7.78. The van der Waals surface area contributed by atoms with Gasteiger partial charge in [0.2, 0.25) is 5.91 Å². The second-order valence-corrected chi connectivity index (χ2v) is 10.6. The van der Waals surface area contributed by atoms with E-state index in [1.165, 1.54) is 7.11 Å². The first-order valence-electron chi connectivity index (χ1n) is 13.4. The predicted octanol–water partition coefficient (Wildman–Crippen LogP) is 7.77. The molecule has 1 N–H and O–H groups in total. The van der Waals surface area contributed by atoms with Gasteiger partial charge in [0, 0.05) is 29.3 Å². The number of hydrogen-bond donors (Lipinski definition) is 1. The number of amides is 1. The van der Waals surface area contributed by atoms with Crippen molar-refractivity contribution >= 4 is 34.7 Å². The fourth-order valence-electron chi connectivity index (χ4n) is 5.45. The SMILES string of the molecule is COc1cc([C@@H]2C3=C(CCCC3=O)N=C(C)C2C(=O)Nc2cc(C(F)(F)F)ccc2Cl)ccc1OCc1ccccc1. The maximum atomic E-state index is 13.8. The van der Waals surface area contributed by atoms with Gasteiger partial charge in [0.25, 0.3) is 0 Å². The van der Waals surface area contributed by atoms with E-state index in [2.05, 4.69) is 10.3 Å². The monoisotopic (exact) mass is 596 g/mol. The highest BCUT2D eigenvalue weighted by Crippen LogP contribution is 2.45. The average molecular weight is 597 g/mol. The summed E-state index contributed by atoms with van der Waals surface area (Å²) in [5.74, 6) is -1.59. The number of halogens is 4. The van der Waals surface area contributed by atoms with Crippen LogP contribution in [-0.4, -0.2) is 24.5 Å². The topological polar surface area (TPSA) is 77.0 Å². The number of carbonyl (C=O) groups excluding carboxylic acids is 2. The van der Waals surface area contributed by atoms with Gasteiger partial charge in [-0.15, -0.1) is 0 Å². The molecule has 0 aromatic heterocycles. The van der Waals surface area contributed by atoms with Crippen molar-refractivity contribution in [2.45, 2.75) is 44.9 Å². The van der Waals surface area contributed by atoms with Gasteiger partial charge in [-0.2, -0.15) is 13.2 Å². The Balaban J connectivity index is 1.52. The van der Waals surface area contributed by atoms with Crippen molar-refractivity contribution in [2.75, 3.05) is 12.4 Å². The van der Waals surface area contributed by atoms with Gasteiger partial charge >= 0.3 is 6.18 Å². The first-order chi connectivity index (χ1) is 20.1. The first-order valence-corrected chi connectivity index (χ1v) is 13.8. The normalized spacial score (nSPS) is 18.7. The summed E-state index contributed by atoms with van der Waals surface area (Å²) < 4.78 is 51.8. The summed E-state index contributed by atoms with van der Waals surface area (Å²) in [4.78, 5) is 31.7. The van der Waals surface area contributed by atoms with E-state index in [0.29, 0.717) is 59.9 Å². The molecule has 2 atom stereocenters. The summed E-state index contributed by atoms with van der Waals surface area (Å²) in [5.41, 5.74) is 1.95. The van der Waals surface area contributed by atoms with Gasteiger partial charge in [0.05, 0.1) is 29.3 Å². The Morgan fingerprint density at radius 1 is 1.05 bits per heavy atom. The number of nitrogens with one attached hydrogen (secondary N) is 1. The Morgan fingerprint density at radius 3 is 2.52 bits per heavy atom. The molecule has 0 fully saturated rings. The fraction of sp³-hybridized carbons (Fsp3) is 0.281. The molecule has 6 nitrogen and oxygen atoms in total. The van der Waals surface area contributed by atoms with Gasteiger partial charge in [-0.05, 0) is 61.2 Å². The summed E-state index contributed by atoms with van der Waals surface area (Å²) in [6.45, 7) is 1.99. The van der Waals surface area contributed by atoms with Crippen LogP contribution in [0.25, 0.3) is 0 Å². The van der Waals surface area contributed by atoms with E-state index in [4.69, 9.17) is 21.1 Å². The molecule has 1 aliphatic heterocycles. The Kier molecular flexibility index (Phi) is 8.41. The van der Waals surface area contributed by atoms with Crippen LogP contribution in [0, 0.1) is 5.92 Å². The Labute approximate surface area is 246 Å². The number of rotatable bonds is 7. The number of anilines is 1. The van der Waals surface area contributed by atoms with Gasteiger partial charge in [-0.25, -0.2) is 0 Å². The standard InChI is InChI=1S/C32H28ClF3N2O4/c1-18-28(31(40)38-24-16-21(32(34,35)36)12-13-22(24)33)29(30-23(37-18)9-6-10-25(30)39)20-11-14-26(27(15-20)41-2)42-17-19-7-4-3-5-8-19/h3-5,7-8,11-16,28-29H,6,9-10,17H2,1-2H3,(H,38,40)/t28?,29-/m0/s1. The molecule has 42 heavy (non-hydrogen) atoms. The molecular weight excluding hydrogens is 569 g/mol. The van der Waals surface area contributed by atoms with Crippen LogP contribution < -0.4 is 14.8 Å². The molecule has 218 valence electrons. The number of ether oxygens (including phenoxy) is 2. The quantitative estimate of drug-likeness (QED) is 0.302. The van der Waals surface area contributed by atoms with Gasteiger partial charge in [-0.1, -0.05) is 48.0 Å². The molecular formula is C32H28ClF3N2O4. The summed E-state index contributed by atoms with van der Waals surface area (Å²) >= 11 is 6.18. The zero-order valence-corrected chi connectivity index (χ0v) is 23.7. The minimum Gasteiger partial charge on any atom is -0.493 e. The molecule has 10 heteroatoms. The smallest absolute Gasteiger partial charge is 0.416 e. The summed E-state index contributed by atoms with van der Waals surface area (Å²) in [6.07, 6.45) is -3.08. The molecule has 3 aromatic carbocycles. The van der Waals surface area contributed by atoms with E-state index in [-0.39, 0.29) is 16.5 Å². The van der Waals surface area contributed by atoms with E-state index < -0.39 is 29.5 Å². The maximum Gasteiger partial charge on any atom is 0.416 e. The van der Waals surface area contributed by atoms with Gasteiger partial charge < -0.3 is 14.8 Å². The molecule has 0 spiro atoms. The summed E-state index contributed by atoms with van der Waals surface area (Å²) in [6, 6.07) is 17.6. The van der Waals surface area contributed by atoms with Crippen molar-refractivity contribution in [3.05, 3.63) is 99.7 Å². The number of benzene rings is 3. The second-order valence-electron chi connectivity index (χ2n) is 10.2. The summed E-state index contributed by atoms with van der Waals surface area (Å²) in [7, 11) is 1.50. The maximum absolute atomic E-state index is 13.8. The van der Waals surface area contributed by atoms with Crippen molar-refractivity contribution in [1.29, 1.82) is 0 Å². The predicted molar refractivity (Wildman–Crippen MR) is 154 cm³/mol. The highest BCUT2D eigenvalue weighted by atomic mass is 35.5. The highest BCUT2D eigenvalue weighted by molar-refractivity contribution is 6.34. The van der Waals surface area contributed by atoms with E-state index in [1.54, 1.807) is 25.1 Å². The van der Waals surface area contributed by atoms with Crippen molar-refractivity contribution < 1.29 is 32.2 Å². The minimum absolute atomic E-state index is 0.0477. The third-order valence-electron chi connectivity index (χ3n) is 7.45. The molecule has 0 bridgehead atoms. The van der Waals surface area contributed by atoms with Crippen molar-refractivity contribution in [3.8, 4) is 11.5 Å². The number of ketones is 1. The van der Waals surface area contributed by atoms with E-state index in [9.17, 15) is 22.8 Å². The van der Waals surface area contributed by atoms with Crippen LogP contribution >= 0.6 is 11.6 Å². The number of carbonyl (C=O) groups is 2.